The predicted octanol–water partition coefficient (Wildman–Crippen LogP) is 1.73. The smallest absolute Gasteiger partial charge is 0.334 e. The van der Waals surface area contributed by atoms with E-state index in [-0.39, 0.29) is 18.4 Å². The average Bonchev–Trinajstić information content (AvgIpc) is 2.46. The van der Waals surface area contributed by atoms with E-state index in [1.807, 2.05) is 13.8 Å². The highest BCUT2D eigenvalue weighted by Gasteiger charge is 2.10. The molecule has 2 atom stereocenters. The fraction of sp³-hybridized carbons (Fsp3) is 0.600. The van der Waals surface area contributed by atoms with Gasteiger partial charge in [0.2, 0.25) is 0 Å². The van der Waals surface area contributed by atoms with Gasteiger partial charge in [-0.05, 0) is 33.9 Å². The minimum absolute atomic E-state index is 0.181. The number of hydrogen-bond donors (Lipinski definition) is 2. The van der Waals surface area contributed by atoms with Gasteiger partial charge in [0.15, 0.2) is 12.5 Å². The number of esters is 2. The Morgan fingerprint density at radius 1 is 1.29 bits per heavy atom. The van der Waals surface area contributed by atoms with Gasteiger partial charge in [0.1, 0.15) is 0 Å². The molecular formula is C15H28N2O4. The number of ether oxygens (including phenoxy) is 2. The zero-order valence-corrected chi connectivity index (χ0v) is 13.7. The molecular weight excluding hydrogens is 272 g/mol. The van der Waals surface area contributed by atoms with E-state index in [4.69, 9.17) is 4.74 Å². The summed E-state index contributed by atoms with van der Waals surface area (Å²) in [7, 11) is 1.71. The Balaban J connectivity index is 0. The Hall–Kier alpha value is -1.66. The molecule has 0 aromatic carbocycles. The van der Waals surface area contributed by atoms with Gasteiger partial charge in [0, 0.05) is 11.6 Å². The minimum atomic E-state index is -0.406. The fourth-order valence-electron chi connectivity index (χ4n) is 1.01. The van der Waals surface area contributed by atoms with Crippen molar-refractivity contribution in [2.75, 3.05) is 13.6 Å². The van der Waals surface area contributed by atoms with Crippen LogP contribution in [0.15, 0.2) is 24.8 Å². The third kappa shape index (κ3) is 13.1. The quantitative estimate of drug-likeness (QED) is 0.404. The van der Waals surface area contributed by atoms with E-state index in [0.29, 0.717) is 5.57 Å². The van der Waals surface area contributed by atoms with Crippen molar-refractivity contribution in [3.63, 3.8) is 0 Å². The van der Waals surface area contributed by atoms with E-state index in [1.54, 1.807) is 20.9 Å². The molecule has 2 unspecified atom stereocenters. The van der Waals surface area contributed by atoms with Crippen LogP contribution in [0.3, 0.4) is 0 Å². The lowest BCUT2D eigenvalue weighted by Crippen LogP contribution is -2.33. The molecule has 0 aliphatic carbocycles. The maximum absolute atomic E-state index is 11.0. The highest BCUT2D eigenvalue weighted by atomic mass is 16.6. The van der Waals surface area contributed by atoms with Crippen molar-refractivity contribution in [3.8, 4) is 0 Å². The number of carbonyl (C=O) groups excluding carboxylic acids is 2. The zero-order valence-electron chi connectivity index (χ0n) is 13.7. The molecule has 6 heteroatoms. The van der Waals surface area contributed by atoms with Crippen molar-refractivity contribution < 1.29 is 19.1 Å². The molecule has 2 N–H and O–H groups in total. The lowest BCUT2D eigenvalue weighted by atomic mass is 10.3. The van der Waals surface area contributed by atoms with Crippen molar-refractivity contribution in [2.45, 2.75) is 46.6 Å². The van der Waals surface area contributed by atoms with Gasteiger partial charge in [0.05, 0.1) is 0 Å². The first-order valence-electron chi connectivity index (χ1n) is 6.92. The molecule has 0 heterocycles. The standard InChI is InChI=1S/C9H17NO2.C6H11NO2/c1-5-8(10-6-2)12-9(11)7(3)4;1-4-6(8)9-5(2)7-3/h8,10H,3,5-6H2,1-2,4H3;4-5,7H,1H2,2-3H3. The van der Waals surface area contributed by atoms with Crippen molar-refractivity contribution in [3.05, 3.63) is 24.8 Å². The number of hydrogen-bond acceptors (Lipinski definition) is 6. The molecule has 0 radical (unpaired) electrons. The van der Waals surface area contributed by atoms with E-state index in [1.165, 1.54) is 0 Å². The van der Waals surface area contributed by atoms with Gasteiger partial charge < -0.3 is 9.47 Å². The van der Waals surface area contributed by atoms with Gasteiger partial charge in [-0.3, -0.25) is 10.6 Å². The van der Waals surface area contributed by atoms with Gasteiger partial charge in [-0.15, -0.1) is 0 Å². The zero-order chi connectivity index (χ0) is 16.8. The predicted molar refractivity (Wildman–Crippen MR) is 83.5 cm³/mol. The summed E-state index contributed by atoms with van der Waals surface area (Å²) in [6.45, 7) is 14.8. The molecule has 0 bridgehead atoms. The second-order valence-electron chi connectivity index (χ2n) is 4.21. The Bertz CT molecular complexity index is 343. The Morgan fingerprint density at radius 3 is 2.19 bits per heavy atom. The number of nitrogens with one attached hydrogen (secondary N) is 2. The molecule has 0 saturated heterocycles. The lowest BCUT2D eigenvalue weighted by molar-refractivity contribution is -0.146. The highest BCUT2D eigenvalue weighted by Crippen LogP contribution is 1.99. The summed E-state index contributed by atoms with van der Waals surface area (Å²) in [6, 6.07) is 0. The molecule has 0 rings (SSSR count). The van der Waals surface area contributed by atoms with Gasteiger partial charge in [-0.1, -0.05) is 27.0 Å². The fourth-order valence-corrected chi connectivity index (χ4v) is 1.01. The second kappa shape index (κ2) is 13.3. The summed E-state index contributed by atoms with van der Waals surface area (Å²) < 4.78 is 9.73. The Labute approximate surface area is 127 Å². The van der Waals surface area contributed by atoms with Crippen LogP contribution in [-0.2, 0) is 19.1 Å². The van der Waals surface area contributed by atoms with Crippen LogP contribution in [0, 0.1) is 0 Å². The normalized spacial score (nSPS) is 12.2. The van der Waals surface area contributed by atoms with E-state index < -0.39 is 5.97 Å². The molecule has 0 fully saturated rings. The molecule has 0 aliphatic rings. The Kier molecular flexibility index (Phi) is 13.7. The van der Waals surface area contributed by atoms with Gasteiger partial charge in [0.25, 0.3) is 0 Å². The van der Waals surface area contributed by atoms with E-state index >= 15 is 0 Å². The molecule has 6 nitrogen and oxygen atoms in total. The molecule has 21 heavy (non-hydrogen) atoms. The first kappa shape index (κ1) is 21.6. The third-order valence-electron chi connectivity index (χ3n) is 2.27. The van der Waals surface area contributed by atoms with Crippen molar-refractivity contribution in [2.24, 2.45) is 0 Å². The van der Waals surface area contributed by atoms with Gasteiger partial charge >= 0.3 is 11.9 Å². The second-order valence-corrected chi connectivity index (χ2v) is 4.21. The lowest BCUT2D eigenvalue weighted by Gasteiger charge is -2.16. The first-order valence-corrected chi connectivity index (χ1v) is 6.92. The topological polar surface area (TPSA) is 76.7 Å². The van der Waals surface area contributed by atoms with Crippen LogP contribution in [0.25, 0.3) is 0 Å². The summed E-state index contributed by atoms with van der Waals surface area (Å²) in [5.41, 5.74) is 0.436. The van der Waals surface area contributed by atoms with Crippen molar-refractivity contribution >= 4 is 11.9 Å². The van der Waals surface area contributed by atoms with Crippen LogP contribution in [0.4, 0.5) is 0 Å². The number of rotatable bonds is 8. The molecule has 0 amide bonds. The summed E-state index contributed by atoms with van der Waals surface area (Å²) in [5, 5.41) is 5.77. The molecule has 122 valence electrons. The Morgan fingerprint density at radius 2 is 1.86 bits per heavy atom. The summed E-state index contributed by atoms with van der Waals surface area (Å²) >= 11 is 0. The van der Waals surface area contributed by atoms with Gasteiger partial charge in [-0.2, -0.15) is 0 Å². The number of carbonyl (C=O) groups is 2. The van der Waals surface area contributed by atoms with Crippen LogP contribution in [-0.4, -0.2) is 38.0 Å². The maximum Gasteiger partial charge on any atom is 0.334 e. The van der Waals surface area contributed by atoms with E-state index in [9.17, 15) is 9.59 Å². The summed E-state index contributed by atoms with van der Waals surface area (Å²) in [6.07, 6.45) is 1.48. The molecule has 0 saturated carbocycles. The monoisotopic (exact) mass is 300 g/mol. The molecule has 0 spiro atoms. The SMILES string of the molecule is C=C(C)C(=O)OC(CC)NCC.C=CC(=O)OC(C)NC. The largest absolute Gasteiger partial charge is 0.444 e. The minimum Gasteiger partial charge on any atom is -0.444 e. The summed E-state index contributed by atoms with van der Waals surface area (Å²) in [5.74, 6) is -0.736. The molecule has 0 aromatic heterocycles. The van der Waals surface area contributed by atoms with Crippen LogP contribution in [0.1, 0.15) is 34.1 Å². The van der Waals surface area contributed by atoms with Crippen LogP contribution in [0.2, 0.25) is 0 Å². The van der Waals surface area contributed by atoms with E-state index in [0.717, 1.165) is 19.0 Å². The van der Waals surface area contributed by atoms with Crippen molar-refractivity contribution in [1.82, 2.24) is 10.6 Å². The van der Waals surface area contributed by atoms with Crippen molar-refractivity contribution in [1.29, 1.82) is 0 Å². The van der Waals surface area contributed by atoms with Crippen LogP contribution < -0.4 is 10.6 Å². The van der Waals surface area contributed by atoms with Crippen LogP contribution in [0.5, 0.6) is 0 Å². The summed E-state index contributed by atoms with van der Waals surface area (Å²) in [4.78, 5) is 21.4. The van der Waals surface area contributed by atoms with Gasteiger partial charge in [-0.25, -0.2) is 9.59 Å². The van der Waals surface area contributed by atoms with Crippen LogP contribution >= 0.6 is 0 Å². The maximum atomic E-state index is 11.0. The van der Waals surface area contributed by atoms with E-state index in [2.05, 4.69) is 28.5 Å². The molecule has 0 aliphatic heterocycles. The third-order valence-corrected chi connectivity index (χ3v) is 2.27. The highest BCUT2D eigenvalue weighted by molar-refractivity contribution is 5.87. The molecule has 0 aromatic rings. The average molecular weight is 300 g/mol. The first-order chi connectivity index (χ1) is 9.81.